The van der Waals surface area contributed by atoms with Crippen LogP contribution in [0.5, 0.6) is 0 Å². The van der Waals surface area contributed by atoms with Gasteiger partial charge in [0.25, 0.3) is 0 Å². The van der Waals surface area contributed by atoms with E-state index >= 15 is 0 Å². The van der Waals surface area contributed by atoms with Crippen LogP contribution in [-0.2, 0) is 5.41 Å². The molecule has 0 fully saturated rings. The third-order valence-electron chi connectivity index (χ3n) is 3.13. The minimum Gasteiger partial charge on any atom is -0.329 e. The Kier molecular flexibility index (Phi) is 4.28. The lowest BCUT2D eigenvalue weighted by molar-refractivity contribution is 0.346. The van der Waals surface area contributed by atoms with Crippen molar-refractivity contribution in [2.75, 3.05) is 13.1 Å². The highest BCUT2D eigenvalue weighted by molar-refractivity contribution is 5.25. The van der Waals surface area contributed by atoms with Gasteiger partial charge in [0.15, 0.2) is 0 Å². The van der Waals surface area contributed by atoms with Crippen molar-refractivity contribution in [1.82, 2.24) is 5.32 Å². The first-order valence-corrected chi connectivity index (χ1v) is 5.98. The van der Waals surface area contributed by atoms with Gasteiger partial charge in [-0.2, -0.15) is 0 Å². The minimum absolute atomic E-state index is 0.0927. The summed E-state index contributed by atoms with van der Waals surface area (Å²) in [4.78, 5) is 0. The van der Waals surface area contributed by atoms with Gasteiger partial charge in [-0.3, -0.25) is 0 Å². The second-order valence-corrected chi connectivity index (χ2v) is 5.84. The topological polar surface area (TPSA) is 38.0 Å². The minimum atomic E-state index is -0.186. The number of rotatable bonds is 5. The maximum absolute atomic E-state index is 13.2. The van der Waals surface area contributed by atoms with Crippen LogP contribution in [0.1, 0.15) is 33.3 Å². The molecule has 96 valence electrons. The van der Waals surface area contributed by atoms with Crippen LogP contribution in [0.2, 0.25) is 0 Å². The Labute approximate surface area is 103 Å². The van der Waals surface area contributed by atoms with E-state index < -0.39 is 0 Å². The van der Waals surface area contributed by atoms with Gasteiger partial charge in [0, 0.05) is 24.0 Å². The van der Waals surface area contributed by atoms with Crippen LogP contribution < -0.4 is 11.1 Å². The summed E-state index contributed by atoms with van der Waals surface area (Å²) in [6, 6.07) is 6.77. The molecule has 0 aliphatic rings. The second kappa shape index (κ2) is 5.15. The molecule has 0 unspecified atom stereocenters. The van der Waals surface area contributed by atoms with Crippen molar-refractivity contribution in [2.24, 2.45) is 5.73 Å². The molecular weight excluding hydrogens is 215 g/mol. The summed E-state index contributed by atoms with van der Waals surface area (Å²) in [6.45, 7) is 9.67. The highest BCUT2D eigenvalue weighted by atomic mass is 19.1. The van der Waals surface area contributed by atoms with Crippen molar-refractivity contribution in [3.8, 4) is 0 Å². The predicted octanol–water partition coefficient (Wildman–Crippen LogP) is 2.43. The molecule has 0 saturated carbocycles. The van der Waals surface area contributed by atoms with Crippen LogP contribution in [0.15, 0.2) is 24.3 Å². The Bertz CT molecular complexity index is 372. The summed E-state index contributed by atoms with van der Waals surface area (Å²) < 4.78 is 13.2. The Balaban J connectivity index is 2.75. The lowest BCUT2D eigenvalue weighted by Gasteiger charge is -2.32. The SMILES string of the molecule is CC(C)(CN)NCC(C)(C)c1cccc(F)c1. The van der Waals surface area contributed by atoms with E-state index in [0.29, 0.717) is 6.54 Å². The molecule has 1 aromatic carbocycles. The zero-order valence-electron chi connectivity index (χ0n) is 11.2. The van der Waals surface area contributed by atoms with Crippen LogP contribution in [-0.4, -0.2) is 18.6 Å². The molecule has 3 N–H and O–H groups in total. The second-order valence-electron chi connectivity index (χ2n) is 5.84. The quantitative estimate of drug-likeness (QED) is 0.827. The highest BCUT2D eigenvalue weighted by Crippen LogP contribution is 2.23. The van der Waals surface area contributed by atoms with E-state index in [1.54, 1.807) is 12.1 Å². The fourth-order valence-electron chi connectivity index (χ4n) is 1.54. The maximum Gasteiger partial charge on any atom is 0.123 e. The molecule has 1 rings (SSSR count). The first-order valence-electron chi connectivity index (χ1n) is 5.98. The van der Waals surface area contributed by atoms with E-state index in [0.717, 1.165) is 12.1 Å². The van der Waals surface area contributed by atoms with Gasteiger partial charge in [-0.25, -0.2) is 4.39 Å². The van der Waals surface area contributed by atoms with Gasteiger partial charge in [0.2, 0.25) is 0 Å². The number of benzene rings is 1. The standard InChI is InChI=1S/C14H23FN2/c1-13(2,10-17-14(3,4)9-16)11-6-5-7-12(15)8-11/h5-8,17H,9-10,16H2,1-4H3. The maximum atomic E-state index is 13.2. The van der Waals surface area contributed by atoms with Crippen molar-refractivity contribution in [3.05, 3.63) is 35.6 Å². The van der Waals surface area contributed by atoms with Gasteiger partial charge in [-0.05, 0) is 31.5 Å². The third-order valence-corrected chi connectivity index (χ3v) is 3.13. The van der Waals surface area contributed by atoms with Crippen molar-refractivity contribution in [1.29, 1.82) is 0 Å². The van der Waals surface area contributed by atoms with E-state index in [2.05, 4.69) is 33.0 Å². The summed E-state index contributed by atoms with van der Waals surface area (Å²) in [7, 11) is 0. The average Bonchev–Trinajstić information content (AvgIpc) is 2.27. The van der Waals surface area contributed by atoms with Crippen LogP contribution >= 0.6 is 0 Å². The molecule has 0 amide bonds. The number of hydrogen-bond acceptors (Lipinski definition) is 2. The number of nitrogens with two attached hydrogens (primary N) is 1. The summed E-state index contributed by atoms with van der Waals surface area (Å²) >= 11 is 0. The summed E-state index contributed by atoms with van der Waals surface area (Å²) in [5.74, 6) is -0.186. The van der Waals surface area contributed by atoms with Gasteiger partial charge >= 0.3 is 0 Å². The van der Waals surface area contributed by atoms with Gasteiger partial charge < -0.3 is 11.1 Å². The molecule has 17 heavy (non-hydrogen) atoms. The predicted molar refractivity (Wildman–Crippen MR) is 70.6 cm³/mol. The number of hydrogen-bond donors (Lipinski definition) is 2. The van der Waals surface area contributed by atoms with Crippen molar-refractivity contribution in [3.63, 3.8) is 0 Å². The fraction of sp³-hybridized carbons (Fsp3) is 0.571. The molecule has 0 aliphatic carbocycles. The third kappa shape index (κ3) is 4.10. The zero-order chi connectivity index (χ0) is 13.1. The van der Waals surface area contributed by atoms with E-state index in [1.165, 1.54) is 6.07 Å². The smallest absolute Gasteiger partial charge is 0.123 e. The molecule has 0 bridgehead atoms. The monoisotopic (exact) mass is 238 g/mol. The normalized spacial score (nSPS) is 12.8. The Morgan fingerprint density at radius 3 is 2.41 bits per heavy atom. The van der Waals surface area contributed by atoms with Crippen LogP contribution in [0.3, 0.4) is 0 Å². The van der Waals surface area contributed by atoms with E-state index in [-0.39, 0.29) is 16.8 Å². The molecule has 2 nitrogen and oxygen atoms in total. The lowest BCUT2D eigenvalue weighted by Crippen LogP contribution is -2.50. The van der Waals surface area contributed by atoms with Crippen LogP contribution in [0.25, 0.3) is 0 Å². The number of nitrogens with one attached hydrogen (secondary N) is 1. The summed E-state index contributed by atoms with van der Waals surface area (Å²) in [5, 5.41) is 3.42. The van der Waals surface area contributed by atoms with Crippen LogP contribution in [0.4, 0.5) is 4.39 Å². The molecule has 0 atom stereocenters. The highest BCUT2D eigenvalue weighted by Gasteiger charge is 2.24. The Morgan fingerprint density at radius 2 is 1.88 bits per heavy atom. The molecule has 0 saturated heterocycles. The number of halogens is 1. The lowest BCUT2D eigenvalue weighted by atomic mass is 9.84. The molecule has 3 heteroatoms. The van der Waals surface area contributed by atoms with Crippen LogP contribution in [0, 0.1) is 5.82 Å². The first-order chi connectivity index (χ1) is 7.77. The van der Waals surface area contributed by atoms with Gasteiger partial charge in [0.05, 0.1) is 0 Å². The average molecular weight is 238 g/mol. The zero-order valence-corrected chi connectivity index (χ0v) is 11.2. The van der Waals surface area contributed by atoms with Crippen molar-refractivity contribution < 1.29 is 4.39 Å². The largest absolute Gasteiger partial charge is 0.329 e. The molecule has 0 radical (unpaired) electrons. The van der Waals surface area contributed by atoms with Gasteiger partial charge in [-0.15, -0.1) is 0 Å². The van der Waals surface area contributed by atoms with Gasteiger partial charge in [0.1, 0.15) is 5.82 Å². The Morgan fingerprint density at radius 1 is 1.24 bits per heavy atom. The summed E-state index contributed by atoms with van der Waals surface area (Å²) in [6.07, 6.45) is 0. The molecule has 0 aliphatic heterocycles. The van der Waals surface area contributed by atoms with E-state index in [4.69, 9.17) is 5.73 Å². The van der Waals surface area contributed by atoms with Gasteiger partial charge in [-0.1, -0.05) is 26.0 Å². The molecular formula is C14H23FN2. The molecule has 0 aromatic heterocycles. The Hall–Kier alpha value is -0.930. The first kappa shape index (κ1) is 14.1. The van der Waals surface area contributed by atoms with Crippen molar-refractivity contribution in [2.45, 2.75) is 38.6 Å². The molecule has 1 aromatic rings. The molecule has 0 spiro atoms. The summed E-state index contributed by atoms with van der Waals surface area (Å²) in [5.41, 5.74) is 6.46. The van der Waals surface area contributed by atoms with Crippen molar-refractivity contribution >= 4 is 0 Å². The molecule has 0 heterocycles. The van der Waals surface area contributed by atoms with E-state index in [9.17, 15) is 4.39 Å². The van der Waals surface area contributed by atoms with E-state index in [1.807, 2.05) is 6.07 Å². The fourth-order valence-corrected chi connectivity index (χ4v) is 1.54.